The van der Waals surface area contributed by atoms with E-state index in [2.05, 4.69) is 15.9 Å². The third-order valence-electron chi connectivity index (χ3n) is 2.58. The number of hydrogen-bond donors (Lipinski definition) is 0. The number of aromatic nitrogens is 2. The summed E-state index contributed by atoms with van der Waals surface area (Å²) in [5, 5.41) is 0. The number of terminal acetylenes is 1. The maximum atomic E-state index is 5.73. The van der Waals surface area contributed by atoms with E-state index in [1.165, 1.54) is 6.33 Å². The van der Waals surface area contributed by atoms with Crippen LogP contribution >= 0.6 is 0 Å². The Morgan fingerprint density at radius 2 is 2.00 bits per heavy atom. The van der Waals surface area contributed by atoms with Crippen LogP contribution in [0.4, 0.5) is 0 Å². The molecule has 1 aromatic carbocycles. The van der Waals surface area contributed by atoms with Crippen LogP contribution in [0.2, 0.25) is 0 Å². The third-order valence-corrected chi connectivity index (χ3v) is 2.58. The van der Waals surface area contributed by atoms with E-state index in [9.17, 15) is 0 Å². The van der Waals surface area contributed by atoms with Gasteiger partial charge in [-0.25, -0.2) is 9.97 Å². The van der Waals surface area contributed by atoms with E-state index in [0.29, 0.717) is 24.5 Å². The van der Waals surface area contributed by atoms with Crippen LogP contribution in [0.1, 0.15) is 5.56 Å². The van der Waals surface area contributed by atoms with Crippen LogP contribution in [0, 0.1) is 12.3 Å². The van der Waals surface area contributed by atoms with Crippen LogP contribution in [-0.4, -0.2) is 30.3 Å². The Balaban J connectivity index is 2.40. The van der Waals surface area contributed by atoms with E-state index >= 15 is 0 Å². The number of para-hydroxylation sites is 1. The summed E-state index contributed by atoms with van der Waals surface area (Å²) >= 11 is 0. The Morgan fingerprint density at radius 1 is 1.21 bits per heavy atom. The number of ether oxygens (including phenoxy) is 2. The summed E-state index contributed by atoms with van der Waals surface area (Å²) in [5.74, 6) is 3.29. The van der Waals surface area contributed by atoms with Crippen molar-refractivity contribution in [1.82, 2.24) is 9.97 Å². The summed E-state index contributed by atoms with van der Waals surface area (Å²) in [6, 6.07) is 5.66. The minimum absolute atomic E-state index is 0.440. The molecule has 0 N–H and O–H groups in total. The zero-order valence-electron chi connectivity index (χ0n) is 10.7. The molecule has 2 aromatic rings. The first-order valence-corrected chi connectivity index (χ1v) is 5.83. The molecule has 0 bridgehead atoms. The Morgan fingerprint density at radius 3 is 2.68 bits per heavy atom. The summed E-state index contributed by atoms with van der Waals surface area (Å²) in [7, 11) is 1.63. The van der Waals surface area contributed by atoms with Gasteiger partial charge in [0, 0.05) is 30.6 Å². The van der Waals surface area contributed by atoms with Gasteiger partial charge in [0.1, 0.15) is 18.7 Å². The van der Waals surface area contributed by atoms with Crippen molar-refractivity contribution < 1.29 is 9.47 Å². The van der Waals surface area contributed by atoms with Gasteiger partial charge in [0.2, 0.25) is 0 Å². The van der Waals surface area contributed by atoms with E-state index in [0.717, 1.165) is 11.1 Å². The monoisotopic (exact) mass is 254 g/mol. The largest absolute Gasteiger partial charge is 0.489 e. The SMILES string of the molecule is C#Cc1cccc(-c2cncnc2)c1OCCOC. The number of rotatable bonds is 5. The summed E-state index contributed by atoms with van der Waals surface area (Å²) < 4.78 is 10.7. The summed E-state index contributed by atoms with van der Waals surface area (Å²) in [5.41, 5.74) is 2.46. The molecular formula is C15H14N2O2. The van der Waals surface area contributed by atoms with Crippen molar-refractivity contribution in [3.63, 3.8) is 0 Å². The molecule has 2 rings (SSSR count). The fourth-order valence-corrected chi connectivity index (χ4v) is 1.70. The van der Waals surface area contributed by atoms with Crippen LogP contribution in [0.15, 0.2) is 36.9 Å². The highest BCUT2D eigenvalue weighted by Crippen LogP contribution is 2.32. The first kappa shape index (κ1) is 13.1. The molecule has 0 saturated carbocycles. The van der Waals surface area contributed by atoms with Gasteiger partial charge in [-0.2, -0.15) is 0 Å². The topological polar surface area (TPSA) is 44.2 Å². The van der Waals surface area contributed by atoms with E-state index in [-0.39, 0.29) is 0 Å². The van der Waals surface area contributed by atoms with Crippen molar-refractivity contribution in [2.75, 3.05) is 20.3 Å². The second-order valence-corrected chi connectivity index (χ2v) is 3.80. The van der Waals surface area contributed by atoms with Crippen LogP contribution in [-0.2, 0) is 4.74 Å². The lowest BCUT2D eigenvalue weighted by Crippen LogP contribution is -2.06. The van der Waals surface area contributed by atoms with Gasteiger partial charge in [-0.15, -0.1) is 6.42 Å². The van der Waals surface area contributed by atoms with Crippen LogP contribution in [0.5, 0.6) is 5.75 Å². The molecule has 4 nitrogen and oxygen atoms in total. The molecule has 19 heavy (non-hydrogen) atoms. The van der Waals surface area contributed by atoms with Crippen molar-refractivity contribution in [3.05, 3.63) is 42.5 Å². The molecule has 0 saturated heterocycles. The molecule has 0 spiro atoms. The minimum Gasteiger partial charge on any atom is -0.489 e. The first-order chi connectivity index (χ1) is 9.36. The number of methoxy groups -OCH3 is 1. The van der Waals surface area contributed by atoms with Gasteiger partial charge in [0.15, 0.2) is 0 Å². The molecule has 0 radical (unpaired) electrons. The van der Waals surface area contributed by atoms with Crippen molar-refractivity contribution in [2.24, 2.45) is 0 Å². The van der Waals surface area contributed by atoms with E-state index in [1.807, 2.05) is 18.2 Å². The predicted octanol–water partition coefficient (Wildman–Crippen LogP) is 2.15. The second-order valence-electron chi connectivity index (χ2n) is 3.80. The van der Waals surface area contributed by atoms with Crippen molar-refractivity contribution in [3.8, 4) is 29.2 Å². The highest BCUT2D eigenvalue weighted by atomic mass is 16.5. The molecule has 0 aliphatic heterocycles. The molecule has 0 unspecified atom stereocenters. The van der Waals surface area contributed by atoms with E-state index < -0.39 is 0 Å². The lowest BCUT2D eigenvalue weighted by atomic mass is 10.0. The average Bonchev–Trinajstić information content (AvgIpc) is 2.48. The molecule has 0 aliphatic carbocycles. The second kappa shape index (κ2) is 6.53. The zero-order chi connectivity index (χ0) is 13.5. The fraction of sp³-hybridized carbons (Fsp3) is 0.200. The molecule has 96 valence electrons. The summed E-state index contributed by atoms with van der Waals surface area (Å²) in [6.45, 7) is 0.944. The molecule has 4 heteroatoms. The lowest BCUT2D eigenvalue weighted by molar-refractivity contribution is 0.146. The summed E-state index contributed by atoms with van der Waals surface area (Å²) in [4.78, 5) is 8.02. The van der Waals surface area contributed by atoms with Crippen LogP contribution in [0.25, 0.3) is 11.1 Å². The molecule has 1 aromatic heterocycles. The molecule has 0 amide bonds. The minimum atomic E-state index is 0.440. The number of hydrogen-bond acceptors (Lipinski definition) is 4. The average molecular weight is 254 g/mol. The molecule has 1 heterocycles. The van der Waals surface area contributed by atoms with Gasteiger partial charge in [-0.3, -0.25) is 0 Å². The highest BCUT2D eigenvalue weighted by Gasteiger charge is 2.10. The van der Waals surface area contributed by atoms with Gasteiger partial charge in [0.05, 0.1) is 12.2 Å². The predicted molar refractivity (Wildman–Crippen MR) is 72.8 cm³/mol. The Bertz CT molecular complexity index is 576. The fourth-order valence-electron chi connectivity index (χ4n) is 1.70. The quantitative estimate of drug-likeness (QED) is 0.606. The van der Waals surface area contributed by atoms with Crippen LogP contribution in [0.3, 0.4) is 0 Å². The van der Waals surface area contributed by atoms with E-state index in [1.54, 1.807) is 19.5 Å². The molecular weight excluding hydrogens is 240 g/mol. The first-order valence-electron chi connectivity index (χ1n) is 5.83. The Hall–Kier alpha value is -2.38. The van der Waals surface area contributed by atoms with Crippen LogP contribution < -0.4 is 4.74 Å². The smallest absolute Gasteiger partial charge is 0.142 e. The van der Waals surface area contributed by atoms with Gasteiger partial charge in [-0.05, 0) is 6.07 Å². The van der Waals surface area contributed by atoms with Gasteiger partial charge in [0.25, 0.3) is 0 Å². The molecule has 0 aliphatic rings. The number of nitrogens with zero attached hydrogens (tertiary/aromatic N) is 2. The van der Waals surface area contributed by atoms with Crippen molar-refractivity contribution in [2.45, 2.75) is 0 Å². The summed E-state index contributed by atoms with van der Waals surface area (Å²) in [6.07, 6.45) is 10.5. The molecule has 0 atom stereocenters. The third kappa shape index (κ3) is 3.09. The lowest BCUT2D eigenvalue weighted by Gasteiger charge is -2.13. The van der Waals surface area contributed by atoms with Gasteiger partial charge < -0.3 is 9.47 Å². The Kier molecular flexibility index (Phi) is 4.49. The zero-order valence-corrected chi connectivity index (χ0v) is 10.7. The number of benzene rings is 1. The van der Waals surface area contributed by atoms with E-state index in [4.69, 9.17) is 15.9 Å². The van der Waals surface area contributed by atoms with Crippen molar-refractivity contribution >= 4 is 0 Å². The molecule has 0 fully saturated rings. The highest BCUT2D eigenvalue weighted by molar-refractivity contribution is 5.72. The van der Waals surface area contributed by atoms with Gasteiger partial charge >= 0.3 is 0 Å². The standard InChI is InChI=1S/C15H14N2O2/c1-3-12-5-4-6-14(13-9-16-11-17-10-13)15(12)19-8-7-18-2/h1,4-6,9-11H,7-8H2,2H3. The maximum Gasteiger partial charge on any atom is 0.142 e. The maximum absolute atomic E-state index is 5.73. The van der Waals surface area contributed by atoms with Crippen molar-refractivity contribution in [1.29, 1.82) is 0 Å². The Labute approximate surface area is 112 Å². The normalized spacial score (nSPS) is 9.89. The van der Waals surface area contributed by atoms with Gasteiger partial charge in [-0.1, -0.05) is 18.1 Å².